The topological polar surface area (TPSA) is 84.2 Å². The van der Waals surface area contributed by atoms with E-state index in [0.717, 1.165) is 30.6 Å². The Morgan fingerprint density at radius 2 is 1.93 bits per heavy atom. The van der Waals surface area contributed by atoms with Gasteiger partial charge in [0, 0.05) is 16.4 Å². The number of amides is 2. The molecule has 150 valence electrons. The zero-order chi connectivity index (χ0) is 20.0. The van der Waals surface area contributed by atoms with Gasteiger partial charge in [0.25, 0.3) is 5.91 Å². The van der Waals surface area contributed by atoms with Crippen LogP contribution in [0, 0.1) is 23.2 Å². The molecule has 6 heteroatoms. The Morgan fingerprint density at radius 1 is 1.26 bits per heavy atom. The maximum Gasteiger partial charge on any atom is 0.269 e. The Morgan fingerprint density at radius 3 is 2.48 bits per heavy atom. The predicted molar refractivity (Wildman–Crippen MR) is 111 cm³/mol. The summed E-state index contributed by atoms with van der Waals surface area (Å²) >= 11 is 1.62. The van der Waals surface area contributed by atoms with Gasteiger partial charge in [0.1, 0.15) is 0 Å². The second-order valence-electron chi connectivity index (χ2n) is 8.03. The summed E-state index contributed by atoms with van der Waals surface area (Å²) in [5, 5.41) is 0. The minimum Gasteiger partial charge on any atom is -0.330 e. The van der Waals surface area contributed by atoms with Gasteiger partial charge in [-0.05, 0) is 73.6 Å². The summed E-state index contributed by atoms with van der Waals surface area (Å²) in [6, 6.07) is 7.33. The molecule has 0 spiro atoms. The van der Waals surface area contributed by atoms with Gasteiger partial charge in [-0.2, -0.15) is 0 Å². The molecule has 2 rings (SSSR count). The van der Waals surface area contributed by atoms with E-state index in [4.69, 9.17) is 5.73 Å². The maximum atomic E-state index is 13.0. The molecule has 27 heavy (non-hydrogen) atoms. The highest BCUT2D eigenvalue weighted by atomic mass is 32.2. The SMILES string of the molecule is CSc1ccc(C(=O)NNC(=O)C2CC(C)CC[C@@]2(CCN)C(C)C)cc1. The molecule has 1 aromatic rings. The van der Waals surface area contributed by atoms with Gasteiger partial charge < -0.3 is 5.73 Å². The highest BCUT2D eigenvalue weighted by Gasteiger charge is 2.47. The highest BCUT2D eigenvalue weighted by molar-refractivity contribution is 7.98. The van der Waals surface area contributed by atoms with E-state index in [-0.39, 0.29) is 23.1 Å². The lowest BCUT2D eigenvalue weighted by Crippen LogP contribution is -2.53. The molecular weight excluding hydrogens is 358 g/mol. The molecule has 0 saturated heterocycles. The summed E-state index contributed by atoms with van der Waals surface area (Å²) in [6.07, 6.45) is 5.78. The first kappa shape index (κ1) is 21.8. The molecule has 1 aliphatic carbocycles. The average molecular weight is 392 g/mol. The second-order valence-corrected chi connectivity index (χ2v) is 8.91. The lowest BCUT2D eigenvalue weighted by Gasteiger charge is -2.48. The second kappa shape index (κ2) is 9.60. The number of benzene rings is 1. The predicted octanol–water partition coefficient (Wildman–Crippen LogP) is 3.60. The lowest BCUT2D eigenvalue weighted by molar-refractivity contribution is -0.136. The third kappa shape index (κ3) is 5.05. The third-order valence-electron chi connectivity index (χ3n) is 6.16. The van der Waals surface area contributed by atoms with Crippen molar-refractivity contribution in [2.24, 2.45) is 28.9 Å². The summed E-state index contributed by atoms with van der Waals surface area (Å²) in [6.45, 7) is 7.12. The smallest absolute Gasteiger partial charge is 0.269 e. The quantitative estimate of drug-likeness (QED) is 0.511. The molecule has 3 atom stereocenters. The van der Waals surface area contributed by atoms with Crippen LogP contribution >= 0.6 is 11.8 Å². The van der Waals surface area contributed by atoms with Crippen LogP contribution in [0.1, 0.15) is 56.8 Å². The van der Waals surface area contributed by atoms with Crippen LogP contribution in [-0.4, -0.2) is 24.6 Å². The molecular formula is C21H33N3O2S. The van der Waals surface area contributed by atoms with Gasteiger partial charge in [0.15, 0.2) is 0 Å². The Balaban J connectivity index is 2.07. The number of rotatable bonds is 6. The number of hydrogen-bond donors (Lipinski definition) is 3. The van der Waals surface area contributed by atoms with Crippen molar-refractivity contribution in [1.82, 2.24) is 10.9 Å². The van der Waals surface area contributed by atoms with E-state index >= 15 is 0 Å². The van der Waals surface area contributed by atoms with Gasteiger partial charge >= 0.3 is 0 Å². The van der Waals surface area contributed by atoms with E-state index in [9.17, 15) is 9.59 Å². The molecule has 0 heterocycles. The van der Waals surface area contributed by atoms with Crippen LogP contribution in [0.15, 0.2) is 29.2 Å². The van der Waals surface area contributed by atoms with E-state index in [1.165, 1.54) is 0 Å². The van der Waals surface area contributed by atoms with Crippen LogP contribution in [-0.2, 0) is 4.79 Å². The lowest BCUT2D eigenvalue weighted by atomic mass is 9.57. The Hall–Kier alpha value is -1.53. The fraction of sp³-hybridized carbons (Fsp3) is 0.619. The van der Waals surface area contributed by atoms with Gasteiger partial charge in [-0.1, -0.05) is 27.2 Å². The molecule has 0 aromatic heterocycles. The molecule has 2 amide bonds. The first-order valence-electron chi connectivity index (χ1n) is 9.78. The minimum atomic E-state index is -0.297. The first-order chi connectivity index (χ1) is 12.8. The Bertz CT molecular complexity index is 647. The Labute approximate surface area is 167 Å². The van der Waals surface area contributed by atoms with E-state index in [0.29, 0.717) is 23.9 Å². The van der Waals surface area contributed by atoms with Crippen molar-refractivity contribution in [1.29, 1.82) is 0 Å². The number of nitrogens with one attached hydrogen (secondary N) is 2. The maximum absolute atomic E-state index is 13.0. The molecule has 5 nitrogen and oxygen atoms in total. The monoisotopic (exact) mass is 391 g/mol. The first-order valence-corrected chi connectivity index (χ1v) is 11.0. The standard InChI is InChI=1S/C21H33N3O2S/c1-14(2)21(11-12-22)10-9-15(3)13-18(21)20(26)24-23-19(25)16-5-7-17(27-4)8-6-16/h5-8,14-15,18H,9-13,22H2,1-4H3,(H,23,25)(H,24,26)/t15?,18?,21-/m1/s1. The molecule has 0 aliphatic heterocycles. The third-order valence-corrected chi connectivity index (χ3v) is 6.91. The minimum absolute atomic E-state index is 0.0993. The van der Waals surface area contributed by atoms with Crippen LogP contribution in [0.3, 0.4) is 0 Å². The summed E-state index contributed by atoms with van der Waals surface area (Å²) in [7, 11) is 0. The summed E-state index contributed by atoms with van der Waals surface area (Å²) in [5.41, 5.74) is 11.6. The van der Waals surface area contributed by atoms with Crippen LogP contribution < -0.4 is 16.6 Å². The molecule has 1 aromatic carbocycles. The molecule has 1 saturated carbocycles. The van der Waals surface area contributed by atoms with Crippen LogP contribution in [0.5, 0.6) is 0 Å². The molecule has 1 aliphatic rings. The summed E-state index contributed by atoms with van der Waals surface area (Å²) in [4.78, 5) is 26.5. The van der Waals surface area contributed by atoms with Crippen molar-refractivity contribution in [2.75, 3.05) is 12.8 Å². The van der Waals surface area contributed by atoms with Crippen molar-refractivity contribution in [3.63, 3.8) is 0 Å². The van der Waals surface area contributed by atoms with Crippen molar-refractivity contribution in [3.8, 4) is 0 Å². The van der Waals surface area contributed by atoms with Crippen molar-refractivity contribution in [2.45, 2.75) is 51.3 Å². The van der Waals surface area contributed by atoms with Gasteiger partial charge in [-0.25, -0.2) is 0 Å². The van der Waals surface area contributed by atoms with E-state index in [2.05, 4.69) is 31.6 Å². The van der Waals surface area contributed by atoms with E-state index in [1.54, 1.807) is 23.9 Å². The average Bonchev–Trinajstić information content (AvgIpc) is 2.67. The fourth-order valence-electron chi connectivity index (χ4n) is 4.38. The number of carbonyl (C=O) groups is 2. The summed E-state index contributed by atoms with van der Waals surface area (Å²) in [5.74, 6) is 0.329. The molecule has 0 bridgehead atoms. The van der Waals surface area contributed by atoms with Crippen LogP contribution in [0.2, 0.25) is 0 Å². The molecule has 2 unspecified atom stereocenters. The van der Waals surface area contributed by atoms with Gasteiger partial charge in [0.2, 0.25) is 5.91 Å². The van der Waals surface area contributed by atoms with E-state index in [1.807, 2.05) is 18.4 Å². The zero-order valence-corrected chi connectivity index (χ0v) is 17.7. The van der Waals surface area contributed by atoms with Crippen molar-refractivity contribution < 1.29 is 9.59 Å². The summed E-state index contributed by atoms with van der Waals surface area (Å²) < 4.78 is 0. The number of thioether (sulfide) groups is 1. The Kier molecular flexibility index (Phi) is 7.74. The van der Waals surface area contributed by atoms with Gasteiger partial charge in [-0.15, -0.1) is 11.8 Å². The number of carbonyl (C=O) groups excluding carboxylic acids is 2. The van der Waals surface area contributed by atoms with Crippen LogP contribution in [0.25, 0.3) is 0 Å². The van der Waals surface area contributed by atoms with E-state index < -0.39 is 0 Å². The molecule has 1 fully saturated rings. The van der Waals surface area contributed by atoms with Gasteiger partial charge in [0.05, 0.1) is 0 Å². The highest BCUT2D eigenvalue weighted by Crippen LogP contribution is 2.50. The molecule has 0 radical (unpaired) electrons. The zero-order valence-electron chi connectivity index (χ0n) is 16.9. The van der Waals surface area contributed by atoms with Crippen molar-refractivity contribution >= 4 is 23.6 Å². The number of hydrogen-bond acceptors (Lipinski definition) is 4. The normalized spacial score (nSPS) is 25.3. The van der Waals surface area contributed by atoms with Crippen LogP contribution in [0.4, 0.5) is 0 Å². The fourth-order valence-corrected chi connectivity index (χ4v) is 4.79. The van der Waals surface area contributed by atoms with Gasteiger partial charge in [-0.3, -0.25) is 20.4 Å². The van der Waals surface area contributed by atoms with Crippen molar-refractivity contribution in [3.05, 3.63) is 29.8 Å². The number of hydrazine groups is 1. The molecule has 4 N–H and O–H groups in total. The largest absolute Gasteiger partial charge is 0.330 e. The number of nitrogens with two attached hydrogens (primary N) is 1.